The van der Waals surface area contributed by atoms with Crippen LogP contribution in [0.5, 0.6) is 0 Å². The molecule has 0 unspecified atom stereocenters. The Kier molecular flexibility index (Phi) is 9.21. The van der Waals surface area contributed by atoms with Gasteiger partial charge in [0.1, 0.15) is 0 Å². The molecule has 0 aliphatic heterocycles. The second-order valence-corrected chi connectivity index (χ2v) is 26.9. The summed E-state index contributed by atoms with van der Waals surface area (Å²) in [6.07, 6.45) is 4.49. The molecular formula is C26H39Br2O2Si4. The largest absolute Gasteiger partial charge is 0.437 e. The summed E-state index contributed by atoms with van der Waals surface area (Å²) in [6, 6.07) is 15.7. The molecule has 0 fully saturated rings. The van der Waals surface area contributed by atoms with Gasteiger partial charge in [-0.2, -0.15) is 0 Å². The lowest BCUT2D eigenvalue weighted by Crippen LogP contribution is -2.52. The highest BCUT2D eigenvalue weighted by Gasteiger charge is 2.45. The summed E-state index contributed by atoms with van der Waals surface area (Å²) in [6.45, 7) is 16.1. The Balaban J connectivity index is 1.99. The lowest BCUT2D eigenvalue weighted by Gasteiger charge is -2.39. The fourth-order valence-electron chi connectivity index (χ4n) is 5.62. The molecule has 2 aromatic rings. The Morgan fingerprint density at radius 3 is 1.59 bits per heavy atom. The minimum absolute atomic E-state index is 0.0124. The van der Waals surface area contributed by atoms with Crippen LogP contribution in [0.1, 0.15) is 36.8 Å². The third kappa shape index (κ3) is 6.94. The van der Waals surface area contributed by atoms with Gasteiger partial charge in [0.25, 0.3) is 0 Å². The van der Waals surface area contributed by atoms with Crippen molar-refractivity contribution in [1.29, 1.82) is 0 Å². The Morgan fingerprint density at radius 1 is 0.735 bits per heavy atom. The van der Waals surface area contributed by atoms with Gasteiger partial charge in [-0.25, -0.2) is 0 Å². The van der Waals surface area contributed by atoms with Gasteiger partial charge in [0.2, 0.25) is 0 Å². The molecule has 0 spiro atoms. The lowest BCUT2D eigenvalue weighted by molar-refractivity contribution is 0.370. The zero-order chi connectivity index (χ0) is 25.4. The van der Waals surface area contributed by atoms with Gasteiger partial charge in [-0.15, -0.1) is 0 Å². The zero-order valence-corrected chi connectivity index (χ0v) is 29.0. The predicted octanol–water partition coefficient (Wildman–Crippen LogP) is 9.40. The number of halogens is 2. The maximum Gasteiger partial charge on any atom is 0.314 e. The predicted molar refractivity (Wildman–Crippen MR) is 162 cm³/mol. The van der Waals surface area contributed by atoms with Crippen LogP contribution in [0.25, 0.3) is 11.1 Å². The summed E-state index contributed by atoms with van der Waals surface area (Å²) in [5, 5.41) is 0. The van der Waals surface area contributed by atoms with Crippen molar-refractivity contribution in [1.82, 2.24) is 0 Å². The van der Waals surface area contributed by atoms with E-state index in [0.717, 1.165) is 46.7 Å². The van der Waals surface area contributed by atoms with Crippen LogP contribution in [0, 0.1) is 0 Å². The third-order valence-corrected chi connectivity index (χ3v) is 17.3. The van der Waals surface area contributed by atoms with E-state index in [0.29, 0.717) is 0 Å². The molecule has 34 heavy (non-hydrogen) atoms. The third-order valence-electron chi connectivity index (χ3n) is 6.34. The Bertz CT molecular complexity index is 947. The Labute approximate surface area is 230 Å². The molecule has 0 aromatic heterocycles. The Hall–Kier alpha value is 0.188. The monoisotopic (exact) mass is 653 g/mol. The molecule has 1 aliphatic rings. The van der Waals surface area contributed by atoms with Gasteiger partial charge in [-0.1, -0.05) is 62.9 Å². The lowest BCUT2D eigenvalue weighted by atomic mass is 9.71. The molecule has 8 heteroatoms. The molecule has 0 saturated carbocycles. The van der Waals surface area contributed by atoms with E-state index >= 15 is 0 Å². The van der Waals surface area contributed by atoms with E-state index in [1.165, 1.54) is 22.3 Å². The van der Waals surface area contributed by atoms with Gasteiger partial charge in [-0.05, 0) is 111 Å². The van der Waals surface area contributed by atoms with Crippen molar-refractivity contribution >= 4 is 67.3 Å². The van der Waals surface area contributed by atoms with Crippen LogP contribution in [-0.2, 0) is 13.6 Å². The molecule has 0 amide bonds. The topological polar surface area (TPSA) is 18.5 Å². The molecule has 3 rings (SSSR count). The fourth-order valence-corrected chi connectivity index (χ4v) is 19.1. The van der Waals surface area contributed by atoms with Crippen LogP contribution >= 0.6 is 31.9 Å². The maximum absolute atomic E-state index is 6.82. The van der Waals surface area contributed by atoms with E-state index in [9.17, 15) is 0 Å². The molecule has 0 bridgehead atoms. The summed E-state index contributed by atoms with van der Waals surface area (Å²) >= 11 is 7.53. The van der Waals surface area contributed by atoms with E-state index < -0.39 is 25.2 Å². The summed E-state index contributed by atoms with van der Waals surface area (Å²) in [5.74, 6) is 0. The second kappa shape index (κ2) is 10.9. The number of fused-ring (bicyclic) bond motifs is 3. The summed E-state index contributed by atoms with van der Waals surface area (Å²) in [5.41, 5.74) is 5.72. The number of hydrogen-bond acceptors (Lipinski definition) is 2. The average molecular weight is 656 g/mol. The molecule has 0 heterocycles. The summed E-state index contributed by atoms with van der Waals surface area (Å²) < 4.78 is 16.0. The number of rotatable bonds is 11. The van der Waals surface area contributed by atoms with E-state index in [1.807, 2.05) is 0 Å². The first-order chi connectivity index (χ1) is 15.7. The van der Waals surface area contributed by atoms with Gasteiger partial charge in [0.15, 0.2) is 16.6 Å². The minimum Gasteiger partial charge on any atom is -0.437 e. The van der Waals surface area contributed by atoms with E-state index in [4.69, 9.17) is 8.23 Å². The van der Waals surface area contributed by atoms with Crippen LogP contribution in [0.4, 0.5) is 0 Å². The molecule has 0 atom stereocenters. The maximum atomic E-state index is 6.82. The molecule has 0 N–H and O–H groups in total. The highest BCUT2D eigenvalue weighted by atomic mass is 79.9. The first-order valence-electron chi connectivity index (χ1n) is 12.3. The van der Waals surface area contributed by atoms with Crippen molar-refractivity contribution in [3.05, 3.63) is 56.5 Å². The van der Waals surface area contributed by atoms with Crippen molar-refractivity contribution in [2.45, 2.75) is 89.0 Å². The first kappa shape index (κ1) is 28.8. The SMILES string of the molecule is C[Si](C)(C)O[Si](C)(CCCC1(CCC[Si])c2cc(Br)ccc2-c2ccc(Br)cc21)O[Si](C)(C)C. The summed E-state index contributed by atoms with van der Waals surface area (Å²) in [7, 11) is -1.91. The van der Waals surface area contributed by atoms with Crippen molar-refractivity contribution in [3.63, 3.8) is 0 Å². The van der Waals surface area contributed by atoms with Crippen molar-refractivity contribution in [2.75, 3.05) is 0 Å². The van der Waals surface area contributed by atoms with Crippen LogP contribution in [0.3, 0.4) is 0 Å². The molecule has 3 radical (unpaired) electrons. The van der Waals surface area contributed by atoms with Gasteiger partial charge < -0.3 is 8.23 Å². The van der Waals surface area contributed by atoms with E-state index in [-0.39, 0.29) is 5.41 Å². The second-order valence-electron chi connectivity index (χ2n) is 11.7. The van der Waals surface area contributed by atoms with E-state index in [1.54, 1.807) is 0 Å². The highest BCUT2D eigenvalue weighted by Crippen LogP contribution is 2.55. The van der Waals surface area contributed by atoms with Crippen molar-refractivity contribution < 1.29 is 8.23 Å². The van der Waals surface area contributed by atoms with E-state index in [2.05, 4.69) is 124 Å². The molecule has 2 aromatic carbocycles. The van der Waals surface area contributed by atoms with Gasteiger partial charge in [0, 0.05) is 24.6 Å². The van der Waals surface area contributed by atoms with Crippen LogP contribution in [-0.4, -0.2) is 35.4 Å². The zero-order valence-electron chi connectivity index (χ0n) is 21.8. The van der Waals surface area contributed by atoms with Crippen LogP contribution in [0.15, 0.2) is 45.3 Å². The first-order valence-corrected chi connectivity index (χ1v) is 24.0. The number of benzene rings is 2. The normalized spacial score (nSPS) is 15.4. The smallest absolute Gasteiger partial charge is 0.314 e. The quantitative estimate of drug-likeness (QED) is 0.225. The molecular weight excluding hydrogens is 616 g/mol. The fraction of sp³-hybridized carbons (Fsp3) is 0.538. The van der Waals surface area contributed by atoms with Crippen LogP contribution < -0.4 is 0 Å². The van der Waals surface area contributed by atoms with Crippen LogP contribution in [0.2, 0.25) is 57.9 Å². The number of hydrogen-bond donors (Lipinski definition) is 0. The highest BCUT2D eigenvalue weighted by molar-refractivity contribution is 9.10. The average Bonchev–Trinajstić information content (AvgIpc) is 2.92. The molecule has 1 aliphatic carbocycles. The Morgan fingerprint density at radius 2 is 1.18 bits per heavy atom. The minimum atomic E-state index is -2.27. The van der Waals surface area contributed by atoms with Gasteiger partial charge in [-0.3, -0.25) is 0 Å². The molecule has 2 nitrogen and oxygen atoms in total. The molecule has 185 valence electrons. The van der Waals surface area contributed by atoms with Crippen molar-refractivity contribution in [2.24, 2.45) is 0 Å². The van der Waals surface area contributed by atoms with Gasteiger partial charge in [0.05, 0.1) is 0 Å². The summed E-state index contributed by atoms with van der Waals surface area (Å²) in [4.78, 5) is 0. The van der Waals surface area contributed by atoms with Gasteiger partial charge >= 0.3 is 8.56 Å². The molecule has 0 saturated heterocycles. The van der Waals surface area contributed by atoms with Crippen molar-refractivity contribution in [3.8, 4) is 11.1 Å². The standard InChI is InChI=1S/C26H39Br2O2Si4/c1-32(2,3)29-34(7,30-33(4,5)6)17-9-15-26(14-8-16-31)24-18-20(27)10-12-22(24)23-13-11-21(28)19-25(23)26/h10-13,18-19H,8-9,14-17H2,1-7H3.